The molecule has 4 rings (SSSR count). The summed E-state index contributed by atoms with van der Waals surface area (Å²) in [6.07, 6.45) is 3.05. The van der Waals surface area contributed by atoms with Gasteiger partial charge in [-0.3, -0.25) is 9.47 Å². The first-order valence-corrected chi connectivity index (χ1v) is 9.02. The van der Waals surface area contributed by atoms with Crippen LogP contribution in [0.15, 0.2) is 23.0 Å². The molecule has 2 aliphatic heterocycles. The maximum atomic E-state index is 14.2. The van der Waals surface area contributed by atoms with E-state index in [0.717, 1.165) is 39.0 Å². The minimum atomic E-state index is -0.317. The summed E-state index contributed by atoms with van der Waals surface area (Å²) in [4.78, 5) is 20.2. The Morgan fingerprint density at radius 2 is 1.92 bits per heavy atom. The van der Waals surface area contributed by atoms with Crippen molar-refractivity contribution >= 4 is 11.0 Å². The van der Waals surface area contributed by atoms with Crippen molar-refractivity contribution in [2.75, 3.05) is 32.7 Å². The molecule has 5 nitrogen and oxygen atoms in total. The van der Waals surface area contributed by atoms with Crippen LogP contribution in [0.4, 0.5) is 4.39 Å². The number of piperidine rings is 1. The monoisotopic (exact) mass is 332 g/mol. The second-order valence-electron chi connectivity index (χ2n) is 7.04. The number of likely N-dealkylation sites (N-methyl/N-ethyl adjacent to an activating group) is 1. The van der Waals surface area contributed by atoms with Crippen LogP contribution in [0.25, 0.3) is 11.0 Å². The van der Waals surface area contributed by atoms with Crippen molar-refractivity contribution in [1.29, 1.82) is 0 Å². The Labute approximate surface area is 141 Å². The number of hydrogen-bond acceptors (Lipinski definition) is 3. The SMILES string of the molecule is CCN1CCC(N2CCC(n3c(=O)[nH]c4cccc(F)c43)CC2)C1. The van der Waals surface area contributed by atoms with E-state index in [2.05, 4.69) is 21.7 Å². The average Bonchev–Trinajstić information content (AvgIpc) is 3.19. The molecule has 24 heavy (non-hydrogen) atoms. The third-order valence-corrected chi connectivity index (χ3v) is 5.76. The molecule has 1 N–H and O–H groups in total. The van der Waals surface area contributed by atoms with E-state index in [4.69, 9.17) is 0 Å². The summed E-state index contributed by atoms with van der Waals surface area (Å²) in [5, 5.41) is 0. The molecule has 130 valence electrons. The molecule has 2 fully saturated rings. The second-order valence-corrected chi connectivity index (χ2v) is 7.04. The molecule has 1 aromatic carbocycles. The van der Waals surface area contributed by atoms with E-state index in [1.807, 2.05) is 0 Å². The minimum Gasteiger partial charge on any atom is -0.305 e. The molecule has 2 aliphatic rings. The summed E-state index contributed by atoms with van der Waals surface area (Å²) in [7, 11) is 0. The first kappa shape index (κ1) is 15.8. The Morgan fingerprint density at radius 3 is 2.62 bits per heavy atom. The molecule has 0 bridgehead atoms. The molecular weight excluding hydrogens is 307 g/mol. The van der Waals surface area contributed by atoms with Gasteiger partial charge in [-0.15, -0.1) is 0 Å². The van der Waals surface area contributed by atoms with Gasteiger partial charge < -0.3 is 9.88 Å². The van der Waals surface area contributed by atoms with E-state index in [9.17, 15) is 9.18 Å². The minimum absolute atomic E-state index is 0.0862. The third-order valence-electron chi connectivity index (χ3n) is 5.76. The number of imidazole rings is 1. The van der Waals surface area contributed by atoms with Crippen molar-refractivity contribution in [2.45, 2.75) is 38.3 Å². The normalized spacial score (nSPS) is 24.2. The van der Waals surface area contributed by atoms with E-state index in [0.29, 0.717) is 17.1 Å². The third kappa shape index (κ3) is 2.67. The average molecular weight is 332 g/mol. The fourth-order valence-electron chi connectivity index (χ4n) is 4.39. The highest BCUT2D eigenvalue weighted by Gasteiger charge is 2.31. The van der Waals surface area contributed by atoms with Crippen LogP contribution in [0.5, 0.6) is 0 Å². The van der Waals surface area contributed by atoms with Crippen molar-refractivity contribution in [1.82, 2.24) is 19.4 Å². The van der Waals surface area contributed by atoms with Gasteiger partial charge in [0.15, 0.2) is 0 Å². The van der Waals surface area contributed by atoms with Gasteiger partial charge in [-0.25, -0.2) is 9.18 Å². The maximum Gasteiger partial charge on any atom is 0.326 e. The van der Waals surface area contributed by atoms with Crippen LogP contribution in [0.2, 0.25) is 0 Å². The van der Waals surface area contributed by atoms with Crippen molar-refractivity contribution < 1.29 is 4.39 Å². The lowest BCUT2D eigenvalue weighted by molar-refractivity contribution is 0.135. The van der Waals surface area contributed by atoms with Crippen LogP contribution >= 0.6 is 0 Å². The molecule has 2 saturated heterocycles. The van der Waals surface area contributed by atoms with E-state index < -0.39 is 0 Å². The number of nitrogens with one attached hydrogen (secondary N) is 1. The summed E-state index contributed by atoms with van der Waals surface area (Å²) in [6, 6.07) is 5.56. The zero-order valence-corrected chi connectivity index (χ0v) is 14.2. The van der Waals surface area contributed by atoms with Gasteiger partial charge in [-0.2, -0.15) is 0 Å². The van der Waals surface area contributed by atoms with Crippen LogP contribution in [0.3, 0.4) is 0 Å². The number of benzene rings is 1. The van der Waals surface area contributed by atoms with Crippen molar-refractivity contribution in [3.05, 3.63) is 34.5 Å². The van der Waals surface area contributed by atoms with Gasteiger partial charge in [0.25, 0.3) is 0 Å². The van der Waals surface area contributed by atoms with Gasteiger partial charge in [0.05, 0.1) is 5.52 Å². The molecule has 0 amide bonds. The van der Waals surface area contributed by atoms with Gasteiger partial charge in [0, 0.05) is 31.7 Å². The molecule has 6 heteroatoms. The molecule has 3 heterocycles. The maximum absolute atomic E-state index is 14.2. The molecule has 1 aromatic heterocycles. The summed E-state index contributed by atoms with van der Waals surface area (Å²) < 4.78 is 15.9. The predicted octanol–water partition coefficient (Wildman–Crippen LogP) is 2.20. The highest BCUT2D eigenvalue weighted by atomic mass is 19.1. The van der Waals surface area contributed by atoms with Crippen LogP contribution in [0.1, 0.15) is 32.2 Å². The molecule has 0 spiro atoms. The fourth-order valence-corrected chi connectivity index (χ4v) is 4.39. The van der Waals surface area contributed by atoms with E-state index in [1.54, 1.807) is 16.7 Å². The number of nitrogens with zero attached hydrogens (tertiary/aromatic N) is 3. The highest BCUT2D eigenvalue weighted by molar-refractivity contribution is 5.75. The first-order valence-electron chi connectivity index (χ1n) is 9.02. The molecule has 1 unspecified atom stereocenters. The van der Waals surface area contributed by atoms with Crippen LogP contribution in [0, 0.1) is 5.82 Å². The van der Waals surface area contributed by atoms with Gasteiger partial charge in [0.2, 0.25) is 0 Å². The largest absolute Gasteiger partial charge is 0.326 e. The summed E-state index contributed by atoms with van der Waals surface area (Å²) in [5.74, 6) is -0.317. The van der Waals surface area contributed by atoms with E-state index >= 15 is 0 Å². The lowest BCUT2D eigenvalue weighted by Gasteiger charge is -2.36. The van der Waals surface area contributed by atoms with Gasteiger partial charge >= 0.3 is 5.69 Å². The highest BCUT2D eigenvalue weighted by Crippen LogP contribution is 2.28. The second kappa shape index (κ2) is 6.33. The Hall–Kier alpha value is -1.66. The summed E-state index contributed by atoms with van der Waals surface area (Å²) in [5.41, 5.74) is 0.836. The number of para-hydroxylation sites is 1. The van der Waals surface area contributed by atoms with Crippen LogP contribution < -0.4 is 5.69 Å². The summed E-state index contributed by atoms with van der Waals surface area (Å²) >= 11 is 0. The lowest BCUT2D eigenvalue weighted by atomic mass is 10.0. The smallest absolute Gasteiger partial charge is 0.305 e. The Balaban J connectivity index is 1.51. The van der Waals surface area contributed by atoms with Gasteiger partial charge in [-0.05, 0) is 44.5 Å². The quantitative estimate of drug-likeness (QED) is 0.937. The number of rotatable bonds is 3. The van der Waals surface area contributed by atoms with Crippen LogP contribution in [-0.2, 0) is 0 Å². The Bertz CT molecular complexity index is 775. The number of halogens is 1. The Kier molecular flexibility index (Phi) is 4.18. The molecule has 0 saturated carbocycles. The topological polar surface area (TPSA) is 44.3 Å². The molecule has 0 aliphatic carbocycles. The van der Waals surface area contributed by atoms with Crippen molar-refractivity contribution in [2.24, 2.45) is 0 Å². The zero-order chi connectivity index (χ0) is 16.7. The van der Waals surface area contributed by atoms with Crippen LogP contribution in [-0.4, -0.2) is 58.1 Å². The predicted molar refractivity (Wildman–Crippen MR) is 92.9 cm³/mol. The van der Waals surface area contributed by atoms with Gasteiger partial charge in [-0.1, -0.05) is 13.0 Å². The standard InChI is InChI=1S/C18H25FN4O/c1-2-21-9-6-14(12-21)22-10-7-13(8-11-22)23-17-15(19)4-3-5-16(17)20-18(23)24/h3-5,13-14H,2,6-12H2,1H3,(H,20,24). The van der Waals surface area contributed by atoms with Crippen molar-refractivity contribution in [3.63, 3.8) is 0 Å². The molecule has 1 atom stereocenters. The fraction of sp³-hybridized carbons (Fsp3) is 0.611. The van der Waals surface area contributed by atoms with E-state index in [1.165, 1.54) is 19.0 Å². The van der Waals surface area contributed by atoms with Crippen molar-refractivity contribution in [3.8, 4) is 0 Å². The van der Waals surface area contributed by atoms with E-state index in [-0.39, 0.29) is 17.5 Å². The lowest BCUT2D eigenvalue weighted by Crippen LogP contribution is -2.44. The molecule has 2 aromatic rings. The number of fused-ring (bicyclic) bond motifs is 1. The number of aromatic amines is 1. The van der Waals surface area contributed by atoms with Gasteiger partial charge in [0.1, 0.15) is 11.3 Å². The number of H-pyrrole nitrogens is 1. The first-order chi connectivity index (χ1) is 11.7. The Morgan fingerprint density at radius 1 is 1.17 bits per heavy atom. The zero-order valence-electron chi connectivity index (χ0n) is 14.2. The molecule has 0 radical (unpaired) electrons. The number of aromatic nitrogens is 2. The summed E-state index contributed by atoms with van der Waals surface area (Å²) in [6.45, 7) is 7.65. The number of hydrogen-bond donors (Lipinski definition) is 1. The molecular formula is C18H25FN4O. The number of likely N-dealkylation sites (tertiary alicyclic amines) is 2.